The fraction of sp³-hybridized carbons (Fsp3) is 0.385. The monoisotopic (exact) mass is 331 g/mol. The van der Waals surface area contributed by atoms with Gasteiger partial charge in [-0.15, -0.1) is 0 Å². The summed E-state index contributed by atoms with van der Waals surface area (Å²) in [6, 6.07) is 4.11. The molecule has 104 valence electrons. The standard InChI is InChI=1S/C13H15BrFNO3/c1-8(2)6-16(7-11(17)18)13(19)9-4-3-5-10(15)12(9)14/h3-5,8H,6-7H2,1-2H3,(H,17,18). The van der Waals surface area contributed by atoms with E-state index in [9.17, 15) is 14.0 Å². The summed E-state index contributed by atoms with van der Waals surface area (Å²) in [6.07, 6.45) is 0. The molecule has 0 bridgehead atoms. The van der Waals surface area contributed by atoms with Crippen molar-refractivity contribution in [2.24, 2.45) is 5.92 Å². The molecule has 0 aromatic heterocycles. The van der Waals surface area contributed by atoms with Crippen molar-refractivity contribution in [2.75, 3.05) is 13.1 Å². The molecule has 19 heavy (non-hydrogen) atoms. The third-order valence-electron chi connectivity index (χ3n) is 2.38. The highest BCUT2D eigenvalue weighted by Gasteiger charge is 2.22. The lowest BCUT2D eigenvalue weighted by Gasteiger charge is -2.23. The highest BCUT2D eigenvalue weighted by Crippen LogP contribution is 2.22. The van der Waals surface area contributed by atoms with Gasteiger partial charge in [0.15, 0.2) is 0 Å². The third-order valence-corrected chi connectivity index (χ3v) is 3.19. The zero-order valence-electron chi connectivity index (χ0n) is 10.7. The van der Waals surface area contributed by atoms with Crippen LogP contribution in [0.2, 0.25) is 0 Å². The SMILES string of the molecule is CC(C)CN(CC(=O)O)C(=O)c1cccc(F)c1Br. The Morgan fingerprint density at radius 3 is 2.58 bits per heavy atom. The summed E-state index contributed by atoms with van der Waals surface area (Å²) < 4.78 is 13.4. The fourth-order valence-corrected chi connectivity index (χ4v) is 2.10. The maximum atomic E-state index is 13.4. The Kier molecular flexibility index (Phi) is 5.47. The second-order valence-corrected chi connectivity index (χ2v) is 5.37. The summed E-state index contributed by atoms with van der Waals surface area (Å²) in [6.45, 7) is 3.65. The predicted octanol–water partition coefficient (Wildman–Crippen LogP) is 2.77. The van der Waals surface area contributed by atoms with Crippen molar-refractivity contribution >= 4 is 27.8 Å². The first-order valence-electron chi connectivity index (χ1n) is 5.78. The van der Waals surface area contributed by atoms with Crippen LogP contribution in [-0.2, 0) is 4.79 Å². The van der Waals surface area contributed by atoms with Crippen molar-refractivity contribution in [1.82, 2.24) is 4.90 Å². The van der Waals surface area contributed by atoms with Gasteiger partial charge in [-0.25, -0.2) is 4.39 Å². The number of rotatable bonds is 5. The van der Waals surface area contributed by atoms with E-state index in [0.717, 1.165) is 0 Å². The van der Waals surface area contributed by atoms with E-state index in [1.54, 1.807) is 0 Å². The van der Waals surface area contributed by atoms with Gasteiger partial charge in [0, 0.05) is 6.54 Å². The molecule has 0 aliphatic rings. The highest BCUT2D eigenvalue weighted by molar-refractivity contribution is 9.10. The average molecular weight is 332 g/mol. The minimum atomic E-state index is -1.10. The van der Waals surface area contributed by atoms with Crippen LogP contribution < -0.4 is 0 Å². The first-order valence-corrected chi connectivity index (χ1v) is 6.57. The molecule has 0 fully saturated rings. The minimum absolute atomic E-state index is 0.0548. The second-order valence-electron chi connectivity index (χ2n) is 4.57. The molecular weight excluding hydrogens is 317 g/mol. The Morgan fingerprint density at radius 2 is 2.05 bits per heavy atom. The van der Waals surface area contributed by atoms with Gasteiger partial charge in [0.25, 0.3) is 5.91 Å². The van der Waals surface area contributed by atoms with Crippen LogP contribution >= 0.6 is 15.9 Å². The molecule has 1 aromatic rings. The van der Waals surface area contributed by atoms with Gasteiger partial charge >= 0.3 is 5.97 Å². The third kappa shape index (κ3) is 4.31. The predicted molar refractivity (Wildman–Crippen MR) is 72.5 cm³/mol. The number of nitrogens with zero attached hydrogens (tertiary/aromatic N) is 1. The smallest absolute Gasteiger partial charge is 0.323 e. The molecule has 0 saturated carbocycles. The highest BCUT2D eigenvalue weighted by atomic mass is 79.9. The van der Waals surface area contributed by atoms with Gasteiger partial charge in [-0.1, -0.05) is 19.9 Å². The summed E-state index contributed by atoms with van der Waals surface area (Å²) in [7, 11) is 0. The number of carbonyl (C=O) groups is 2. The molecule has 0 unspecified atom stereocenters. The van der Waals surface area contributed by atoms with E-state index in [0.29, 0.717) is 6.54 Å². The Morgan fingerprint density at radius 1 is 1.42 bits per heavy atom. The number of carboxylic acid groups (broad SMARTS) is 1. The molecule has 1 rings (SSSR count). The topological polar surface area (TPSA) is 57.6 Å². The van der Waals surface area contributed by atoms with Gasteiger partial charge in [0.05, 0.1) is 10.0 Å². The van der Waals surface area contributed by atoms with E-state index < -0.39 is 24.2 Å². The van der Waals surface area contributed by atoms with Gasteiger partial charge in [-0.05, 0) is 34.0 Å². The Balaban J connectivity index is 3.04. The average Bonchev–Trinajstić information content (AvgIpc) is 2.30. The lowest BCUT2D eigenvalue weighted by atomic mass is 10.1. The van der Waals surface area contributed by atoms with Crippen LogP contribution in [0.25, 0.3) is 0 Å². The summed E-state index contributed by atoms with van der Waals surface area (Å²) in [5.41, 5.74) is 0.127. The second kappa shape index (κ2) is 6.65. The van der Waals surface area contributed by atoms with Crippen LogP contribution in [0.4, 0.5) is 4.39 Å². The molecule has 0 aliphatic carbocycles. The zero-order valence-corrected chi connectivity index (χ0v) is 12.3. The number of amides is 1. The molecule has 0 heterocycles. The van der Waals surface area contributed by atoms with E-state index in [1.165, 1.54) is 23.1 Å². The van der Waals surface area contributed by atoms with Crippen molar-refractivity contribution in [3.8, 4) is 0 Å². The number of carbonyl (C=O) groups excluding carboxylic acids is 1. The maximum absolute atomic E-state index is 13.4. The number of halogens is 2. The van der Waals surface area contributed by atoms with E-state index >= 15 is 0 Å². The lowest BCUT2D eigenvalue weighted by Crippen LogP contribution is -2.38. The first-order chi connectivity index (χ1) is 8.82. The minimum Gasteiger partial charge on any atom is -0.480 e. The number of benzene rings is 1. The molecule has 4 nitrogen and oxygen atoms in total. The van der Waals surface area contributed by atoms with Gasteiger partial charge in [0.1, 0.15) is 12.4 Å². The van der Waals surface area contributed by atoms with Gasteiger partial charge in [-0.3, -0.25) is 9.59 Å². The van der Waals surface area contributed by atoms with E-state index in [2.05, 4.69) is 15.9 Å². The van der Waals surface area contributed by atoms with Crippen LogP contribution in [0, 0.1) is 11.7 Å². The van der Waals surface area contributed by atoms with E-state index in [-0.39, 0.29) is 16.0 Å². The molecule has 0 aliphatic heterocycles. The van der Waals surface area contributed by atoms with Crippen LogP contribution in [0.5, 0.6) is 0 Å². The van der Waals surface area contributed by atoms with Crippen molar-refractivity contribution < 1.29 is 19.1 Å². The molecular formula is C13H15BrFNO3. The molecule has 1 aromatic carbocycles. The van der Waals surface area contributed by atoms with Crippen LogP contribution in [0.15, 0.2) is 22.7 Å². The van der Waals surface area contributed by atoms with Gasteiger partial charge < -0.3 is 10.0 Å². The molecule has 0 spiro atoms. The molecule has 6 heteroatoms. The maximum Gasteiger partial charge on any atom is 0.323 e. The number of hydrogen-bond donors (Lipinski definition) is 1. The molecule has 0 saturated heterocycles. The lowest BCUT2D eigenvalue weighted by molar-refractivity contribution is -0.137. The summed E-state index contributed by atoms with van der Waals surface area (Å²) >= 11 is 3.01. The zero-order chi connectivity index (χ0) is 14.6. The molecule has 0 atom stereocenters. The Bertz CT molecular complexity index is 491. The summed E-state index contributed by atoms with van der Waals surface area (Å²) in [4.78, 5) is 24.3. The van der Waals surface area contributed by atoms with Gasteiger partial charge in [0.2, 0.25) is 0 Å². The van der Waals surface area contributed by atoms with E-state index in [1.807, 2.05) is 13.8 Å². The van der Waals surface area contributed by atoms with Crippen LogP contribution in [0.1, 0.15) is 24.2 Å². The number of hydrogen-bond acceptors (Lipinski definition) is 2. The molecule has 1 amide bonds. The summed E-state index contributed by atoms with van der Waals surface area (Å²) in [5, 5.41) is 8.84. The normalized spacial score (nSPS) is 10.6. The number of carboxylic acids is 1. The largest absolute Gasteiger partial charge is 0.480 e. The molecule has 0 radical (unpaired) electrons. The summed E-state index contributed by atoms with van der Waals surface area (Å²) in [5.74, 6) is -2.02. The quantitative estimate of drug-likeness (QED) is 0.902. The number of aliphatic carboxylic acids is 1. The van der Waals surface area contributed by atoms with Crippen molar-refractivity contribution in [2.45, 2.75) is 13.8 Å². The fourth-order valence-electron chi connectivity index (χ4n) is 1.66. The van der Waals surface area contributed by atoms with Crippen LogP contribution in [-0.4, -0.2) is 35.0 Å². The van der Waals surface area contributed by atoms with E-state index in [4.69, 9.17) is 5.11 Å². The van der Waals surface area contributed by atoms with Crippen molar-refractivity contribution in [3.05, 3.63) is 34.1 Å². The Labute approximate surface area is 119 Å². The van der Waals surface area contributed by atoms with Crippen molar-refractivity contribution in [3.63, 3.8) is 0 Å². The van der Waals surface area contributed by atoms with Gasteiger partial charge in [-0.2, -0.15) is 0 Å². The molecule has 1 N–H and O–H groups in total. The van der Waals surface area contributed by atoms with Crippen LogP contribution in [0.3, 0.4) is 0 Å². The Hall–Kier alpha value is -1.43. The van der Waals surface area contributed by atoms with Crippen molar-refractivity contribution in [1.29, 1.82) is 0 Å². The first kappa shape index (κ1) is 15.6.